The summed E-state index contributed by atoms with van der Waals surface area (Å²) in [5, 5.41) is 19.9. The molecule has 0 atom stereocenters. The molecule has 2 heterocycles. The van der Waals surface area contributed by atoms with Crippen LogP contribution in [0, 0.1) is 10.1 Å². The third-order valence-corrected chi connectivity index (χ3v) is 4.93. The largest absolute Gasteiger partial charge is 0.396 e. The maximum Gasteiger partial charge on any atom is 0.269 e. The zero-order chi connectivity index (χ0) is 19.4. The van der Waals surface area contributed by atoms with Crippen LogP contribution in [0.3, 0.4) is 0 Å². The monoisotopic (exact) mass is 385 g/mol. The van der Waals surface area contributed by atoms with Gasteiger partial charge >= 0.3 is 0 Å². The molecular weight excluding hydrogens is 370 g/mol. The van der Waals surface area contributed by atoms with Crippen LogP contribution in [0.2, 0.25) is 0 Å². The first-order valence-corrected chi connectivity index (χ1v) is 9.00. The Balaban J connectivity index is 1.96. The first kappa shape index (κ1) is 18.7. The molecule has 2 amide bonds. The van der Waals surface area contributed by atoms with Crippen LogP contribution >= 0.6 is 11.8 Å². The lowest BCUT2D eigenvalue weighted by Crippen LogP contribution is -2.31. The summed E-state index contributed by atoms with van der Waals surface area (Å²) in [6.45, 7) is -0.123. The quantitative estimate of drug-likeness (QED) is 0.440. The number of hydrogen-bond donors (Lipinski definition) is 1. The van der Waals surface area contributed by atoms with Gasteiger partial charge in [0.2, 0.25) is 0 Å². The van der Waals surface area contributed by atoms with E-state index in [9.17, 15) is 19.7 Å². The average molecular weight is 385 g/mol. The maximum absolute atomic E-state index is 12.9. The predicted molar refractivity (Wildman–Crippen MR) is 99.4 cm³/mol. The van der Waals surface area contributed by atoms with E-state index in [2.05, 4.69) is 4.98 Å². The Morgan fingerprint density at radius 3 is 2.44 bits per heavy atom. The molecule has 27 heavy (non-hydrogen) atoms. The number of non-ortho nitro benzene ring substituents is 1. The van der Waals surface area contributed by atoms with Crippen LogP contribution in [-0.2, 0) is 16.1 Å². The van der Waals surface area contributed by atoms with Gasteiger partial charge in [-0.3, -0.25) is 29.6 Å². The summed E-state index contributed by atoms with van der Waals surface area (Å²) in [7, 11) is 0. The van der Waals surface area contributed by atoms with E-state index in [1.165, 1.54) is 24.3 Å². The van der Waals surface area contributed by atoms with Crippen LogP contribution in [0.4, 0.5) is 5.69 Å². The summed E-state index contributed by atoms with van der Waals surface area (Å²) >= 11 is 1.09. The van der Waals surface area contributed by atoms with E-state index in [1.807, 2.05) is 0 Å². The van der Waals surface area contributed by atoms with E-state index < -0.39 is 16.7 Å². The van der Waals surface area contributed by atoms with Crippen LogP contribution in [0.5, 0.6) is 0 Å². The van der Waals surface area contributed by atoms with Gasteiger partial charge in [-0.2, -0.15) is 0 Å². The molecule has 1 aromatic heterocycles. The number of hydrogen-bond acceptors (Lipinski definition) is 7. The van der Waals surface area contributed by atoms with Crippen molar-refractivity contribution in [3.05, 3.63) is 74.9 Å². The van der Waals surface area contributed by atoms with Crippen LogP contribution in [0.1, 0.15) is 11.3 Å². The van der Waals surface area contributed by atoms with Crippen LogP contribution in [0.25, 0.3) is 5.57 Å². The summed E-state index contributed by atoms with van der Waals surface area (Å²) in [6, 6.07) is 10.7. The van der Waals surface area contributed by atoms with Crippen molar-refractivity contribution in [2.24, 2.45) is 0 Å². The fourth-order valence-electron chi connectivity index (χ4n) is 2.64. The Bertz CT molecular complexity index is 912. The third-order valence-electron chi connectivity index (χ3n) is 3.88. The fraction of sp³-hybridized carbons (Fsp3) is 0.167. The Morgan fingerprint density at radius 2 is 1.85 bits per heavy atom. The maximum atomic E-state index is 12.9. The summed E-state index contributed by atoms with van der Waals surface area (Å²) in [5.41, 5.74) is 1.06. The Labute approximate surface area is 158 Å². The molecule has 0 unspecified atom stereocenters. The van der Waals surface area contributed by atoms with Gasteiger partial charge in [-0.05, 0) is 29.8 Å². The number of thioether (sulfide) groups is 1. The number of aliphatic hydroxyl groups is 1. The molecule has 1 N–H and O–H groups in total. The summed E-state index contributed by atoms with van der Waals surface area (Å²) < 4.78 is 0. The highest BCUT2D eigenvalue weighted by atomic mass is 32.2. The van der Waals surface area contributed by atoms with Gasteiger partial charge in [0.05, 0.1) is 34.2 Å². The fourth-order valence-corrected chi connectivity index (χ4v) is 3.52. The minimum Gasteiger partial charge on any atom is -0.396 e. The molecule has 9 heteroatoms. The predicted octanol–water partition coefficient (Wildman–Crippen LogP) is 2.00. The Hall–Kier alpha value is -3.04. The van der Waals surface area contributed by atoms with Gasteiger partial charge in [0.25, 0.3) is 17.5 Å². The van der Waals surface area contributed by atoms with Crippen LogP contribution < -0.4 is 0 Å². The van der Waals surface area contributed by atoms with E-state index in [4.69, 9.17) is 5.11 Å². The van der Waals surface area contributed by atoms with Gasteiger partial charge in [0, 0.05) is 24.1 Å². The van der Waals surface area contributed by atoms with Gasteiger partial charge in [-0.25, -0.2) is 0 Å². The number of nitrogens with zero attached hydrogens (tertiary/aromatic N) is 3. The smallest absolute Gasteiger partial charge is 0.269 e. The van der Waals surface area contributed by atoms with Gasteiger partial charge in [-0.1, -0.05) is 6.07 Å². The van der Waals surface area contributed by atoms with E-state index in [-0.39, 0.29) is 35.1 Å². The highest BCUT2D eigenvalue weighted by molar-refractivity contribution is 8.04. The highest BCUT2D eigenvalue weighted by Crippen LogP contribution is 2.37. The number of benzene rings is 1. The van der Waals surface area contributed by atoms with Crippen molar-refractivity contribution in [2.75, 3.05) is 12.4 Å². The molecule has 0 aliphatic carbocycles. The lowest BCUT2D eigenvalue weighted by Gasteiger charge is -2.14. The molecule has 0 radical (unpaired) electrons. The molecular formula is C18H15N3O5S. The second-order valence-electron chi connectivity index (χ2n) is 5.60. The van der Waals surface area contributed by atoms with Crippen molar-refractivity contribution in [1.82, 2.24) is 9.88 Å². The van der Waals surface area contributed by atoms with Crippen molar-refractivity contribution in [2.45, 2.75) is 6.54 Å². The zero-order valence-corrected chi connectivity index (χ0v) is 14.9. The number of carbonyl (C=O) groups is 2. The molecule has 1 aliphatic heterocycles. The van der Waals surface area contributed by atoms with Gasteiger partial charge in [0.15, 0.2) is 0 Å². The van der Waals surface area contributed by atoms with E-state index >= 15 is 0 Å². The molecule has 3 rings (SSSR count). The van der Waals surface area contributed by atoms with Gasteiger partial charge in [-0.15, -0.1) is 11.8 Å². The molecule has 0 spiro atoms. The van der Waals surface area contributed by atoms with Gasteiger partial charge in [0.1, 0.15) is 0 Å². The van der Waals surface area contributed by atoms with Crippen LogP contribution in [-0.4, -0.2) is 44.1 Å². The Kier molecular flexibility index (Phi) is 5.63. The second kappa shape index (κ2) is 8.11. The normalized spacial score (nSPS) is 14.2. The summed E-state index contributed by atoms with van der Waals surface area (Å²) in [5.74, 6) is -0.695. The van der Waals surface area contributed by atoms with Crippen molar-refractivity contribution >= 4 is 34.8 Å². The van der Waals surface area contributed by atoms with Crippen molar-refractivity contribution < 1.29 is 19.6 Å². The minimum atomic E-state index is -0.533. The molecule has 138 valence electrons. The zero-order valence-electron chi connectivity index (χ0n) is 14.1. The number of nitro groups is 1. The van der Waals surface area contributed by atoms with E-state index in [1.54, 1.807) is 24.4 Å². The molecule has 0 saturated carbocycles. The molecule has 2 aromatic rings. The first-order valence-electron chi connectivity index (χ1n) is 8.01. The molecule has 1 aromatic carbocycles. The topological polar surface area (TPSA) is 114 Å². The number of aliphatic hydroxyl groups excluding tert-OH is 1. The average Bonchev–Trinajstić information content (AvgIpc) is 2.91. The number of aromatic nitrogens is 1. The number of imide groups is 1. The number of rotatable bonds is 7. The molecule has 0 bridgehead atoms. The molecule has 1 aliphatic rings. The lowest BCUT2D eigenvalue weighted by molar-refractivity contribution is -0.384. The van der Waals surface area contributed by atoms with E-state index in [0.29, 0.717) is 11.3 Å². The number of nitro benzene ring substituents is 1. The summed E-state index contributed by atoms with van der Waals surface area (Å²) in [6.07, 6.45) is 1.58. The molecule has 0 saturated heterocycles. The molecule has 8 nitrogen and oxygen atoms in total. The number of amides is 2. The van der Waals surface area contributed by atoms with Crippen LogP contribution in [0.15, 0.2) is 53.6 Å². The van der Waals surface area contributed by atoms with Gasteiger partial charge < -0.3 is 5.11 Å². The number of carbonyl (C=O) groups excluding carboxylic acids is 2. The minimum absolute atomic E-state index is 0.0260. The Morgan fingerprint density at radius 1 is 1.11 bits per heavy atom. The van der Waals surface area contributed by atoms with E-state index in [0.717, 1.165) is 16.7 Å². The summed E-state index contributed by atoms with van der Waals surface area (Å²) in [4.78, 5) is 41.5. The highest BCUT2D eigenvalue weighted by Gasteiger charge is 2.39. The second-order valence-corrected chi connectivity index (χ2v) is 6.70. The van der Waals surface area contributed by atoms with Crippen molar-refractivity contribution in [1.29, 1.82) is 0 Å². The molecule has 0 fully saturated rings. The van der Waals surface area contributed by atoms with Crippen molar-refractivity contribution in [3.8, 4) is 0 Å². The number of pyridine rings is 1. The SMILES string of the molecule is O=C1C(SCCO)=C(c2ccc([N+](=O)[O-])cc2)C(=O)N1Cc1ccccn1. The standard InChI is InChI=1S/C18H15N3O5S/c22-9-10-27-16-15(12-4-6-14(7-5-12)21(25)26)17(23)20(18(16)24)11-13-3-1-2-8-19-13/h1-8,22H,9-11H2. The van der Waals surface area contributed by atoms with Crippen molar-refractivity contribution in [3.63, 3.8) is 0 Å². The first-order chi connectivity index (χ1) is 13.0. The third kappa shape index (κ3) is 3.88. The lowest BCUT2D eigenvalue weighted by atomic mass is 10.1.